The van der Waals surface area contributed by atoms with Crippen LogP contribution in [0.2, 0.25) is 0 Å². The highest BCUT2D eigenvalue weighted by Crippen LogP contribution is 2.29. The number of carbonyl (C=O) groups excluding carboxylic acids is 1. The molecule has 0 spiro atoms. The number of aliphatic hydroxyl groups is 1. The van der Waals surface area contributed by atoms with Crippen LogP contribution in [0, 0.1) is 0 Å². The number of amides is 1. The molecule has 1 aromatic heterocycles. The van der Waals surface area contributed by atoms with E-state index in [1.165, 1.54) is 41.7 Å². The molecule has 2 aliphatic rings. The number of rotatable bonds is 9. The number of H-pyrrole nitrogens is 1. The predicted octanol–water partition coefficient (Wildman–Crippen LogP) is 2.91. The third-order valence-corrected chi connectivity index (χ3v) is 8.08. The lowest BCUT2D eigenvalue weighted by atomic mass is 9.88. The fraction of sp³-hybridized carbons (Fsp3) is 0.467. The van der Waals surface area contributed by atoms with Gasteiger partial charge in [-0.3, -0.25) is 9.59 Å². The summed E-state index contributed by atoms with van der Waals surface area (Å²) in [6.45, 7) is 3.58. The molecule has 5 N–H and O–H groups in total. The Kier molecular flexibility index (Phi) is 8.42. The number of aromatic amines is 1. The molecule has 1 aliphatic heterocycles. The van der Waals surface area contributed by atoms with Gasteiger partial charge in [0, 0.05) is 43.5 Å². The molecule has 38 heavy (non-hydrogen) atoms. The number of aliphatic hydroxyl groups excluding tert-OH is 1. The number of phenolic OH excluding ortho intramolecular Hbond substituents is 1. The van der Waals surface area contributed by atoms with Crippen LogP contribution >= 0.6 is 0 Å². The smallest absolute Gasteiger partial charge is 0.248 e. The maximum atomic E-state index is 12.5. The van der Waals surface area contributed by atoms with Gasteiger partial charge in [0.25, 0.3) is 0 Å². The Balaban J connectivity index is 1.03. The van der Waals surface area contributed by atoms with Gasteiger partial charge in [0.05, 0.1) is 11.6 Å². The molecule has 2 aromatic carbocycles. The van der Waals surface area contributed by atoms with Crippen LogP contribution in [0.25, 0.3) is 10.9 Å². The number of likely N-dealkylation sites (tertiary alicyclic amines) is 1. The lowest BCUT2D eigenvalue weighted by Crippen LogP contribution is -2.44. The molecule has 0 saturated carbocycles. The average molecular weight is 519 g/mol. The van der Waals surface area contributed by atoms with Gasteiger partial charge in [0.1, 0.15) is 5.75 Å². The molecular weight excluding hydrogens is 480 g/mol. The third-order valence-electron chi connectivity index (χ3n) is 8.08. The number of piperidine rings is 1. The van der Waals surface area contributed by atoms with Crippen molar-refractivity contribution in [3.8, 4) is 5.75 Å². The van der Waals surface area contributed by atoms with Crippen molar-refractivity contribution in [2.75, 3.05) is 26.2 Å². The second-order valence-corrected chi connectivity index (χ2v) is 10.6. The van der Waals surface area contributed by atoms with Crippen molar-refractivity contribution in [3.05, 3.63) is 75.1 Å². The Morgan fingerprint density at radius 2 is 1.89 bits per heavy atom. The second kappa shape index (κ2) is 12.1. The van der Waals surface area contributed by atoms with Gasteiger partial charge in [-0.25, -0.2) is 0 Å². The van der Waals surface area contributed by atoms with Crippen LogP contribution < -0.4 is 16.2 Å². The van der Waals surface area contributed by atoms with E-state index in [-0.39, 0.29) is 17.2 Å². The molecular formula is C30H38N4O4. The van der Waals surface area contributed by atoms with Gasteiger partial charge in [-0.2, -0.15) is 0 Å². The summed E-state index contributed by atoms with van der Waals surface area (Å²) in [5.74, 6) is 0.0888. The Morgan fingerprint density at radius 3 is 2.74 bits per heavy atom. The second-order valence-electron chi connectivity index (χ2n) is 10.6. The zero-order chi connectivity index (χ0) is 26.5. The van der Waals surface area contributed by atoms with Gasteiger partial charge >= 0.3 is 0 Å². The van der Waals surface area contributed by atoms with Crippen molar-refractivity contribution in [1.82, 2.24) is 20.5 Å². The number of aromatic hydroxyl groups is 1. The summed E-state index contributed by atoms with van der Waals surface area (Å²) in [7, 11) is 0. The number of aryl methyl sites for hydroxylation is 1. The van der Waals surface area contributed by atoms with Crippen molar-refractivity contribution in [2.24, 2.45) is 0 Å². The molecule has 8 nitrogen and oxygen atoms in total. The van der Waals surface area contributed by atoms with E-state index in [0.29, 0.717) is 42.0 Å². The summed E-state index contributed by atoms with van der Waals surface area (Å²) in [6.07, 6.45) is 6.40. The van der Waals surface area contributed by atoms with Gasteiger partial charge in [-0.05, 0) is 86.0 Å². The Labute approximate surface area is 223 Å². The van der Waals surface area contributed by atoms with Crippen LogP contribution in [0.15, 0.2) is 47.3 Å². The topological polar surface area (TPSA) is 118 Å². The van der Waals surface area contributed by atoms with Crippen molar-refractivity contribution in [2.45, 2.75) is 63.6 Å². The number of hydrogen-bond acceptors (Lipinski definition) is 6. The van der Waals surface area contributed by atoms with Crippen LogP contribution in [0.5, 0.6) is 5.75 Å². The minimum absolute atomic E-state index is 0.0124. The van der Waals surface area contributed by atoms with E-state index in [0.717, 1.165) is 45.3 Å². The first-order valence-electron chi connectivity index (χ1n) is 13.8. The van der Waals surface area contributed by atoms with Gasteiger partial charge in [0.2, 0.25) is 11.5 Å². The van der Waals surface area contributed by atoms with Crippen LogP contribution in [0.4, 0.5) is 0 Å². The summed E-state index contributed by atoms with van der Waals surface area (Å²) < 4.78 is 0. The van der Waals surface area contributed by atoms with E-state index >= 15 is 0 Å². The maximum absolute atomic E-state index is 12.5. The molecule has 1 amide bonds. The lowest BCUT2D eigenvalue weighted by molar-refractivity contribution is -0.121. The molecule has 5 rings (SSSR count). The lowest BCUT2D eigenvalue weighted by Gasteiger charge is -2.32. The Hall–Kier alpha value is -3.20. The fourth-order valence-corrected chi connectivity index (χ4v) is 5.87. The highest BCUT2D eigenvalue weighted by Gasteiger charge is 2.21. The minimum Gasteiger partial charge on any atom is -0.506 e. The molecule has 3 aromatic rings. The molecule has 1 fully saturated rings. The van der Waals surface area contributed by atoms with E-state index in [1.54, 1.807) is 12.1 Å². The Bertz CT molecular complexity index is 1330. The number of fused-ring (bicyclic) bond motifs is 2. The molecule has 0 bridgehead atoms. The number of carbonyl (C=O) groups is 1. The number of phenols is 1. The van der Waals surface area contributed by atoms with Crippen molar-refractivity contribution in [3.63, 3.8) is 0 Å². The van der Waals surface area contributed by atoms with E-state index < -0.39 is 6.10 Å². The van der Waals surface area contributed by atoms with Gasteiger partial charge in [-0.15, -0.1) is 0 Å². The van der Waals surface area contributed by atoms with Gasteiger partial charge < -0.3 is 30.7 Å². The first-order valence-corrected chi connectivity index (χ1v) is 13.8. The molecule has 2 heterocycles. The first kappa shape index (κ1) is 26.4. The maximum Gasteiger partial charge on any atom is 0.248 e. The highest BCUT2D eigenvalue weighted by molar-refractivity contribution is 5.87. The third kappa shape index (κ3) is 6.26. The monoisotopic (exact) mass is 518 g/mol. The average Bonchev–Trinajstić information content (AvgIpc) is 2.94. The first-order chi connectivity index (χ1) is 18.5. The van der Waals surface area contributed by atoms with Crippen LogP contribution in [0.3, 0.4) is 0 Å². The predicted molar refractivity (Wildman–Crippen MR) is 148 cm³/mol. The summed E-state index contributed by atoms with van der Waals surface area (Å²) in [4.78, 5) is 29.1. The van der Waals surface area contributed by atoms with Crippen LogP contribution in [-0.4, -0.2) is 58.2 Å². The normalized spacial score (nSPS) is 17.3. The Morgan fingerprint density at radius 1 is 1.08 bits per heavy atom. The van der Waals surface area contributed by atoms with E-state index in [2.05, 4.69) is 38.7 Å². The molecule has 0 radical (unpaired) electrons. The zero-order valence-corrected chi connectivity index (χ0v) is 21.8. The van der Waals surface area contributed by atoms with Crippen LogP contribution in [-0.2, 0) is 24.2 Å². The van der Waals surface area contributed by atoms with E-state index in [1.807, 2.05) is 0 Å². The quantitative estimate of drug-likeness (QED) is 0.297. The van der Waals surface area contributed by atoms with E-state index in [9.17, 15) is 19.8 Å². The number of aromatic nitrogens is 1. The SMILES string of the molecule is O=C(CCN1CCC(NC[C@@H](O)c2ccc(O)c3[nH]c(=O)ccc23)CC1)NCc1cccc2c1CCCC2. The molecule has 1 atom stereocenters. The van der Waals surface area contributed by atoms with Gasteiger partial charge in [0.15, 0.2) is 0 Å². The van der Waals surface area contributed by atoms with Crippen molar-refractivity contribution >= 4 is 16.8 Å². The van der Waals surface area contributed by atoms with E-state index in [4.69, 9.17) is 0 Å². The summed E-state index contributed by atoms with van der Waals surface area (Å²) in [6, 6.07) is 13.0. The standard InChI is InChI=1S/C30H38N4O4/c35-26-10-8-24(25-9-11-29(38)33-30(25)26)27(36)19-31-22-12-15-34(16-13-22)17-14-28(37)32-18-21-6-3-5-20-4-1-2-7-23(20)21/h3,5-6,8-11,22,27,31,35-36H,1-2,4,7,12-19H2,(H,32,37)(H,33,38)/t27-/m1/s1. The summed E-state index contributed by atoms with van der Waals surface area (Å²) in [5, 5.41) is 28.1. The number of nitrogens with one attached hydrogen (secondary N) is 3. The molecule has 1 saturated heterocycles. The number of pyridine rings is 1. The molecule has 8 heteroatoms. The highest BCUT2D eigenvalue weighted by atomic mass is 16.3. The zero-order valence-electron chi connectivity index (χ0n) is 21.8. The van der Waals surface area contributed by atoms with Crippen molar-refractivity contribution in [1.29, 1.82) is 0 Å². The number of nitrogens with zero attached hydrogens (tertiary/aromatic N) is 1. The van der Waals surface area contributed by atoms with Crippen molar-refractivity contribution < 1.29 is 15.0 Å². The number of hydrogen-bond donors (Lipinski definition) is 5. The molecule has 1 aliphatic carbocycles. The minimum atomic E-state index is -0.763. The summed E-state index contributed by atoms with van der Waals surface area (Å²) in [5.41, 5.74) is 4.86. The molecule has 0 unspecified atom stereocenters. The largest absolute Gasteiger partial charge is 0.506 e. The summed E-state index contributed by atoms with van der Waals surface area (Å²) >= 11 is 0. The molecule has 202 valence electrons. The number of benzene rings is 2. The fourth-order valence-electron chi connectivity index (χ4n) is 5.87. The van der Waals surface area contributed by atoms with Crippen LogP contribution in [0.1, 0.15) is 60.5 Å². The van der Waals surface area contributed by atoms with Gasteiger partial charge in [-0.1, -0.05) is 24.3 Å².